The molecule has 3 aromatic rings. The maximum absolute atomic E-state index is 6.28. The van der Waals surface area contributed by atoms with Crippen LogP contribution in [0.25, 0.3) is 10.2 Å². The van der Waals surface area contributed by atoms with E-state index in [1.165, 1.54) is 5.56 Å². The Bertz CT molecular complexity index is 714. The van der Waals surface area contributed by atoms with Gasteiger partial charge in [0.25, 0.3) is 0 Å². The van der Waals surface area contributed by atoms with E-state index in [-0.39, 0.29) is 0 Å². The molecule has 0 radical (unpaired) electrons. The highest BCUT2D eigenvalue weighted by atomic mass is 35.5. The second-order valence-electron chi connectivity index (χ2n) is 4.41. The van der Waals surface area contributed by atoms with Crippen LogP contribution in [0.1, 0.15) is 10.6 Å². The quantitative estimate of drug-likeness (QED) is 0.661. The molecule has 0 aliphatic carbocycles. The number of hydrogen-bond acceptors (Lipinski definition) is 2. The third-order valence-electron chi connectivity index (χ3n) is 2.80. The number of aromatic nitrogens is 3. The van der Waals surface area contributed by atoms with Gasteiger partial charge in [-0.2, -0.15) is 0 Å². The lowest BCUT2D eigenvalue weighted by Gasteiger charge is -2.00. The number of halogens is 1. The van der Waals surface area contributed by atoms with Crippen LogP contribution in [0.5, 0.6) is 0 Å². The molecule has 0 bridgehead atoms. The lowest BCUT2D eigenvalue weighted by atomic mass is 10.2. The largest absolute Gasteiger partial charge is 0.243 e. The van der Waals surface area contributed by atoms with Crippen LogP contribution in [0.3, 0.4) is 0 Å². The summed E-state index contributed by atoms with van der Waals surface area (Å²) >= 11 is 7.96. The van der Waals surface area contributed by atoms with Crippen molar-refractivity contribution in [2.24, 2.45) is 7.05 Å². The van der Waals surface area contributed by atoms with Crippen molar-refractivity contribution in [3.8, 4) is 0 Å². The Labute approximate surface area is 114 Å². The molecule has 5 heteroatoms. The van der Waals surface area contributed by atoms with Gasteiger partial charge in [0.2, 0.25) is 6.33 Å². The first-order valence-corrected chi connectivity index (χ1v) is 6.88. The van der Waals surface area contributed by atoms with Gasteiger partial charge in [-0.1, -0.05) is 11.6 Å². The highest BCUT2D eigenvalue weighted by Crippen LogP contribution is 2.29. The molecule has 0 saturated heterocycles. The summed E-state index contributed by atoms with van der Waals surface area (Å²) in [7, 11) is 2.01. The van der Waals surface area contributed by atoms with E-state index >= 15 is 0 Å². The van der Waals surface area contributed by atoms with Gasteiger partial charge in [-0.25, -0.2) is 14.1 Å². The molecule has 3 nitrogen and oxygen atoms in total. The third-order valence-corrected chi connectivity index (χ3v) is 4.01. The van der Waals surface area contributed by atoms with Crippen LogP contribution in [0.4, 0.5) is 0 Å². The number of nitrogens with zero attached hydrogens (tertiary/aromatic N) is 3. The van der Waals surface area contributed by atoms with Gasteiger partial charge in [0.15, 0.2) is 0 Å². The maximum Gasteiger partial charge on any atom is 0.243 e. The second kappa shape index (κ2) is 4.37. The first-order chi connectivity index (χ1) is 8.61. The highest BCUT2D eigenvalue weighted by Gasteiger charge is 2.09. The summed E-state index contributed by atoms with van der Waals surface area (Å²) in [5.41, 5.74) is 2.12. The zero-order chi connectivity index (χ0) is 12.7. The van der Waals surface area contributed by atoms with Gasteiger partial charge in [0.05, 0.1) is 21.8 Å². The lowest BCUT2D eigenvalue weighted by Crippen LogP contribution is -2.23. The Morgan fingerprint density at radius 3 is 3.00 bits per heavy atom. The molecule has 1 aromatic carbocycles. The number of aryl methyl sites for hydroxylation is 2. The molecule has 0 saturated carbocycles. The van der Waals surface area contributed by atoms with Gasteiger partial charge in [0, 0.05) is 0 Å². The monoisotopic (exact) mass is 278 g/mol. The maximum atomic E-state index is 6.28. The Morgan fingerprint density at radius 1 is 1.44 bits per heavy atom. The van der Waals surface area contributed by atoms with Gasteiger partial charge in [-0.05, 0) is 24.6 Å². The Hall–Kier alpha value is -1.39. The molecule has 2 heterocycles. The number of benzene rings is 1. The minimum atomic E-state index is 0.739. The third kappa shape index (κ3) is 2.13. The number of hydrogen-bond donors (Lipinski definition) is 0. The van der Waals surface area contributed by atoms with Gasteiger partial charge in [-0.3, -0.25) is 0 Å². The summed E-state index contributed by atoms with van der Waals surface area (Å²) in [6.45, 7) is 2.83. The summed E-state index contributed by atoms with van der Waals surface area (Å²) < 4.78 is 5.31. The van der Waals surface area contributed by atoms with Crippen LogP contribution in [0.2, 0.25) is 5.02 Å². The standard InChI is InChI=1S/C13H13ClN3S/c1-9-15-13-11(14)5-10(6-12(13)18-9)7-17-4-3-16(2)8-17/h3-6,8H,7H2,1-2H3/q+1. The number of fused-ring (bicyclic) bond motifs is 1. The van der Waals surface area contributed by atoms with Crippen molar-refractivity contribution in [3.63, 3.8) is 0 Å². The van der Waals surface area contributed by atoms with E-state index < -0.39 is 0 Å². The molecule has 0 fully saturated rings. The first-order valence-electron chi connectivity index (χ1n) is 5.68. The topological polar surface area (TPSA) is 21.7 Å². The minimum absolute atomic E-state index is 0.739. The molecule has 2 aromatic heterocycles. The molecule has 92 valence electrons. The van der Waals surface area contributed by atoms with Crippen molar-refractivity contribution >= 4 is 33.2 Å². The predicted octanol–water partition coefficient (Wildman–Crippen LogP) is 2.93. The van der Waals surface area contributed by atoms with E-state index in [2.05, 4.69) is 28.1 Å². The molecule has 3 rings (SSSR count). The van der Waals surface area contributed by atoms with Crippen molar-refractivity contribution < 1.29 is 4.57 Å². The SMILES string of the molecule is Cc1nc2c(Cl)cc(Cn3cc[n+](C)c3)cc2s1. The molecular formula is C13H13ClN3S+. The zero-order valence-corrected chi connectivity index (χ0v) is 11.8. The molecular weight excluding hydrogens is 266 g/mol. The highest BCUT2D eigenvalue weighted by molar-refractivity contribution is 7.18. The predicted molar refractivity (Wildman–Crippen MR) is 74.1 cm³/mol. The summed E-state index contributed by atoms with van der Waals surface area (Å²) in [4.78, 5) is 4.44. The van der Waals surface area contributed by atoms with E-state index in [0.717, 1.165) is 26.8 Å². The van der Waals surface area contributed by atoms with E-state index in [1.807, 2.05) is 30.8 Å². The van der Waals surface area contributed by atoms with E-state index in [4.69, 9.17) is 11.6 Å². The molecule has 0 amide bonds. The van der Waals surface area contributed by atoms with Gasteiger partial charge in [-0.15, -0.1) is 11.3 Å². The lowest BCUT2D eigenvalue weighted by molar-refractivity contribution is -0.671. The molecule has 0 spiro atoms. The van der Waals surface area contributed by atoms with Crippen molar-refractivity contribution in [2.75, 3.05) is 0 Å². The van der Waals surface area contributed by atoms with E-state index in [0.29, 0.717) is 0 Å². The molecule has 0 N–H and O–H groups in total. The zero-order valence-electron chi connectivity index (χ0n) is 10.2. The minimum Gasteiger partial charge on any atom is -0.240 e. The van der Waals surface area contributed by atoms with Crippen molar-refractivity contribution in [3.05, 3.63) is 46.4 Å². The average molecular weight is 279 g/mol. The number of imidazole rings is 1. The van der Waals surface area contributed by atoms with Crippen LogP contribution in [0.15, 0.2) is 30.9 Å². The average Bonchev–Trinajstić information content (AvgIpc) is 2.85. The summed E-state index contributed by atoms with van der Waals surface area (Å²) in [6.07, 6.45) is 6.13. The normalized spacial score (nSPS) is 11.3. The molecule has 0 unspecified atom stereocenters. The van der Waals surface area contributed by atoms with Crippen molar-refractivity contribution in [1.29, 1.82) is 0 Å². The molecule has 0 atom stereocenters. The van der Waals surface area contributed by atoms with Crippen LogP contribution in [-0.2, 0) is 13.6 Å². The smallest absolute Gasteiger partial charge is 0.240 e. The summed E-state index contributed by atoms with van der Waals surface area (Å²) in [5, 5.41) is 1.79. The van der Waals surface area contributed by atoms with Crippen LogP contribution >= 0.6 is 22.9 Å². The van der Waals surface area contributed by atoms with E-state index in [1.54, 1.807) is 11.3 Å². The fraction of sp³-hybridized carbons (Fsp3) is 0.231. The molecule has 0 aliphatic heterocycles. The number of thiazole rings is 1. The van der Waals surface area contributed by atoms with Gasteiger partial charge >= 0.3 is 0 Å². The van der Waals surface area contributed by atoms with Gasteiger partial charge in [0.1, 0.15) is 24.5 Å². The fourth-order valence-electron chi connectivity index (χ4n) is 2.05. The second-order valence-corrected chi connectivity index (χ2v) is 6.05. The van der Waals surface area contributed by atoms with Crippen molar-refractivity contribution in [1.82, 2.24) is 9.55 Å². The van der Waals surface area contributed by atoms with Crippen LogP contribution < -0.4 is 4.57 Å². The Morgan fingerprint density at radius 2 is 2.28 bits per heavy atom. The van der Waals surface area contributed by atoms with Crippen LogP contribution in [0, 0.1) is 6.92 Å². The summed E-state index contributed by atoms with van der Waals surface area (Å²) in [5.74, 6) is 0. The van der Waals surface area contributed by atoms with Crippen LogP contribution in [-0.4, -0.2) is 9.55 Å². The Kier molecular flexibility index (Phi) is 2.84. The van der Waals surface area contributed by atoms with Crippen molar-refractivity contribution in [2.45, 2.75) is 13.5 Å². The van der Waals surface area contributed by atoms with Gasteiger partial charge < -0.3 is 0 Å². The van der Waals surface area contributed by atoms with E-state index in [9.17, 15) is 0 Å². The molecule has 0 aliphatic rings. The first kappa shape index (κ1) is 11.7. The summed E-state index contributed by atoms with van der Waals surface area (Å²) in [6, 6.07) is 4.18. The fourth-order valence-corrected chi connectivity index (χ4v) is 3.31. The molecule has 18 heavy (non-hydrogen) atoms. The number of rotatable bonds is 2. The Balaban J connectivity index is 2.02.